The van der Waals surface area contributed by atoms with Crippen LogP contribution in [0.1, 0.15) is 0 Å². The second-order valence-corrected chi connectivity index (χ2v) is 6.76. The third kappa shape index (κ3) is 3.37. The van der Waals surface area contributed by atoms with Gasteiger partial charge < -0.3 is 10.2 Å². The molecule has 0 aliphatic heterocycles. The molecule has 0 amide bonds. The molecule has 0 spiro atoms. The summed E-state index contributed by atoms with van der Waals surface area (Å²) in [6, 6.07) is -0.254. The summed E-state index contributed by atoms with van der Waals surface area (Å²) in [6.45, 7) is -1.20. The van der Waals surface area contributed by atoms with Crippen molar-refractivity contribution in [2.75, 3.05) is 13.2 Å². The van der Waals surface area contributed by atoms with E-state index in [2.05, 4.69) is 0 Å². The van der Waals surface area contributed by atoms with Crippen molar-refractivity contribution in [3.63, 3.8) is 0 Å². The number of nitrogens with zero attached hydrogens (tertiary/aromatic N) is 1. The average molecular weight is 317 g/mol. The summed E-state index contributed by atoms with van der Waals surface area (Å²) in [4.78, 5) is 9.73. The van der Waals surface area contributed by atoms with E-state index in [0.717, 1.165) is 6.07 Å². The zero-order valence-corrected chi connectivity index (χ0v) is 11.1. The molecule has 8 nitrogen and oxygen atoms in total. The van der Waals surface area contributed by atoms with Gasteiger partial charge in [-0.2, -0.15) is 0 Å². The Morgan fingerprint density at radius 1 is 1.50 bits per heavy atom. The van der Waals surface area contributed by atoms with Crippen LogP contribution >= 0.6 is 22.9 Å². The molecule has 0 saturated carbocycles. The normalized spacial score (nSPS) is 12.0. The Morgan fingerprint density at radius 2 is 2.06 bits per heavy atom. The molecule has 1 aromatic heterocycles. The lowest BCUT2D eigenvalue weighted by molar-refractivity contribution is -0.384. The fourth-order valence-electron chi connectivity index (χ4n) is 1.01. The lowest BCUT2D eigenvalue weighted by atomic mass is 10.4. The largest absolute Gasteiger partial charge is 0.395 e. The molecule has 18 heavy (non-hydrogen) atoms. The Hall–Kier alpha value is -0.780. The Balaban J connectivity index is 3.06. The number of aliphatic hydroxyl groups is 2. The summed E-state index contributed by atoms with van der Waals surface area (Å²) < 4.78 is 24.9. The third-order valence-electron chi connectivity index (χ3n) is 1.87. The van der Waals surface area contributed by atoms with Gasteiger partial charge in [0.25, 0.3) is 15.7 Å². The van der Waals surface area contributed by atoms with Gasteiger partial charge >= 0.3 is 0 Å². The maximum Gasteiger partial charge on any atom is 0.300 e. The van der Waals surface area contributed by atoms with E-state index in [-0.39, 0.29) is 8.55 Å². The fraction of sp³-hybridized carbons (Fsp3) is 0.429. The van der Waals surface area contributed by atoms with Crippen molar-refractivity contribution in [2.45, 2.75) is 10.3 Å². The Morgan fingerprint density at radius 3 is 2.44 bits per heavy atom. The monoisotopic (exact) mass is 316 g/mol. The standard InChI is InChI=1S/C7H9ClN2O6S2/c8-7-5(10(13)14)1-6(17-7)18(15,16)9-4(2-11)3-12/h1,4,9,11-12H,2-3H2. The van der Waals surface area contributed by atoms with Gasteiger partial charge in [0.1, 0.15) is 4.21 Å². The van der Waals surface area contributed by atoms with Crippen molar-refractivity contribution in [3.8, 4) is 0 Å². The van der Waals surface area contributed by atoms with Gasteiger partial charge in [-0.05, 0) is 0 Å². The van der Waals surface area contributed by atoms with Gasteiger partial charge in [0.05, 0.1) is 24.2 Å². The molecule has 1 aromatic rings. The van der Waals surface area contributed by atoms with E-state index in [4.69, 9.17) is 21.8 Å². The number of aliphatic hydroxyl groups excluding tert-OH is 2. The second-order valence-electron chi connectivity index (χ2n) is 3.16. The molecule has 0 bridgehead atoms. The van der Waals surface area contributed by atoms with Crippen LogP contribution in [0, 0.1) is 10.1 Å². The molecular weight excluding hydrogens is 308 g/mol. The van der Waals surface area contributed by atoms with Gasteiger partial charge in [0.2, 0.25) is 0 Å². The van der Waals surface area contributed by atoms with E-state index < -0.39 is 39.9 Å². The summed E-state index contributed by atoms with van der Waals surface area (Å²) in [5.41, 5.74) is -0.508. The lowest BCUT2D eigenvalue weighted by Gasteiger charge is -2.12. The molecule has 11 heteroatoms. The predicted octanol–water partition coefficient (Wildman–Crippen LogP) is -0.0588. The third-order valence-corrected chi connectivity index (χ3v) is 5.20. The van der Waals surface area contributed by atoms with E-state index in [9.17, 15) is 18.5 Å². The molecule has 3 N–H and O–H groups in total. The van der Waals surface area contributed by atoms with Crippen LogP contribution in [-0.2, 0) is 10.0 Å². The first-order valence-electron chi connectivity index (χ1n) is 4.49. The zero-order valence-electron chi connectivity index (χ0n) is 8.74. The van der Waals surface area contributed by atoms with E-state index in [0.29, 0.717) is 11.3 Å². The summed E-state index contributed by atoms with van der Waals surface area (Å²) in [5, 5.41) is 28.1. The molecule has 0 atom stereocenters. The van der Waals surface area contributed by atoms with Gasteiger partial charge in [-0.3, -0.25) is 10.1 Å². The van der Waals surface area contributed by atoms with Crippen molar-refractivity contribution < 1.29 is 23.6 Å². The Labute approximate surface area is 111 Å². The molecule has 0 saturated heterocycles. The number of sulfonamides is 1. The number of rotatable bonds is 6. The molecular formula is C7H9ClN2O6S2. The zero-order chi connectivity index (χ0) is 13.9. The minimum atomic E-state index is -4.06. The first-order chi connectivity index (χ1) is 8.31. The quantitative estimate of drug-likeness (QED) is 0.498. The van der Waals surface area contributed by atoms with E-state index in [1.54, 1.807) is 0 Å². The maximum absolute atomic E-state index is 11.7. The highest BCUT2D eigenvalue weighted by atomic mass is 35.5. The van der Waals surface area contributed by atoms with Gasteiger partial charge in [-0.15, -0.1) is 11.3 Å². The molecule has 0 radical (unpaired) electrons. The number of halogens is 1. The van der Waals surface area contributed by atoms with Crippen LogP contribution < -0.4 is 4.72 Å². The summed E-state index contributed by atoms with van der Waals surface area (Å²) in [6.07, 6.45) is 0. The van der Waals surface area contributed by atoms with Crippen molar-refractivity contribution in [2.24, 2.45) is 0 Å². The van der Waals surface area contributed by atoms with Crippen LogP contribution in [0.4, 0.5) is 5.69 Å². The number of hydrogen-bond donors (Lipinski definition) is 3. The highest BCUT2D eigenvalue weighted by Crippen LogP contribution is 2.36. The van der Waals surface area contributed by atoms with Crippen LogP contribution in [0.2, 0.25) is 4.34 Å². The summed E-state index contributed by atoms with van der Waals surface area (Å²) in [7, 11) is -4.06. The van der Waals surface area contributed by atoms with Gasteiger partial charge in [-0.1, -0.05) is 11.6 Å². The lowest BCUT2D eigenvalue weighted by Crippen LogP contribution is -2.39. The SMILES string of the molecule is O=[N+]([O-])c1cc(S(=O)(=O)NC(CO)CO)sc1Cl. The van der Waals surface area contributed by atoms with Crippen LogP contribution in [0.3, 0.4) is 0 Å². The minimum Gasteiger partial charge on any atom is -0.395 e. The molecule has 102 valence electrons. The average Bonchev–Trinajstić information content (AvgIpc) is 2.69. The predicted molar refractivity (Wildman–Crippen MR) is 64.3 cm³/mol. The Kier molecular flexibility index (Phi) is 5.01. The topological polar surface area (TPSA) is 130 Å². The highest BCUT2D eigenvalue weighted by Gasteiger charge is 2.26. The first-order valence-corrected chi connectivity index (χ1v) is 7.17. The maximum atomic E-state index is 11.7. The second kappa shape index (κ2) is 5.91. The van der Waals surface area contributed by atoms with Crippen LogP contribution in [-0.4, -0.2) is 42.8 Å². The number of hydrogen-bond acceptors (Lipinski definition) is 7. The van der Waals surface area contributed by atoms with Crippen LogP contribution in [0.25, 0.3) is 0 Å². The molecule has 0 aliphatic rings. The smallest absolute Gasteiger partial charge is 0.300 e. The Bertz CT molecular complexity index is 538. The first kappa shape index (κ1) is 15.3. The molecule has 1 heterocycles. The molecule has 0 aliphatic carbocycles. The van der Waals surface area contributed by atoms with Crippen molar-refractivity contribution in [1.82, 2.24) is 4.72 Å². The minimum absolute atomic E-state index is 0.259. The van der Waals surface area contributed by atoms with Crippen LogP contribution in [0.5, 0.6) is 0 Å². The van der Waals surface area contributed by atoms with Crippen molar-refractivity contribution in [1.29, 1.82) is 0 Å². The summed E-state index contributed by atoms with van der Waals surface area (Å²) in [5.74, 6) is 0. The van der Waals surface area contributed by atoms with Crippen molar-refractivity contribution in [3.05, 3.63) is 20.5 Å². The number of thiophene rings is 1. The van der Waals surface area contributed by atoms with Gasteiger partial charge in [0, 0.05) is 6.07 Å². The van der Waals surface area contributed by atoms with E-state index in [1.807, 2.05) is 4.72 Å². The highest BCUT2D eigenvalue weighted by molar-refractivity contribution is 7.91. The van der Waals surface area contributed by atoms with E-state index in [1.165, 1.54) is 0 Å². The van der Waals surface area contributed by atoms with Crippen molar-refractivity contribution >= 4 is 38.6 Å². The number of nitro groups is 1. The molecule has 0 aromatic carbocycles. The molecule has 0 fully saturated rings. The number of nitrogens with one attached hydrogen (secondary N) is 1. The summed E-state index contributed by atoms with van der Waals surface area (Å²) >= 11 is 6.06. The van der Waals surface area contributed by atoms with E-state index >= 15 is 0 Å². The molecule has 0 unspecified atom stereocenters. The van der Waals surface area contributed by atoms with Gasteiger partial charge in [-0.25, -0.2) is 13.1 Å². The fourth-order valence-corrected chi connectivity index (χ4v) is 3.90. The van der Waals surface area contributed by atoms with Gasteiger partial charge in [0.15, 0.2) is 4.34 Å². The molecule has 1 rings (SSSR count). The van der Waals surface area contributed by atoms with Crippen LogP contribution in [0.15, 0.2) is 10.3 Å².